The van der Waals surface area contributed by atoms with Crippen LogP contribution in [-0.2, 0) is 9.53 Å². The van der Waals surface area contributed by atoms with Crippen LogP contribution in [0.1, 0.15) is 31.1 Å². The molecule has 1 saturated heterocycles. The van der Waals surface area contributed by atoms with E-state index in [9.17, 15) is 9.59 Å². The fourth-order valence-corrected chi connectivity index (χ4v) is 2.34. The zero-order chi connectivity index (χ0) is 14.7. The second-order valence-electron chi connectivity index (χ2n) is 5.08. The van der Waals surface area contributed by atoms with Crippen molar-refractivity contribution in [1.82, 2.24) is 9.88 Å². The summed E-state index contributed by atoms with van der Waals surface area (Å²) in [4.78, 5) is 29.3. The van der Waals surface area contributed by atoms with Gasteiger partial charge in [-0.25, -0.2) is 4.98 Å². The van der Waals surface area contributed by atoms with Gasteiger partial charge >= 0.3 is 0 Å². The summed E-state index contributed by atoms with van der Waals surface area (Å²) in [6.45, 7) is 6.44. The Labute approximate surface area is 118 Å². The first-order chi connectivity index (χ1) is 9.45. The summed E-state index contributed by atoms with van der Waals surface area (Å²) in [5.41, 5.74) is 0.519. The molecule has 0 spiro atoms. The highest BCUT2D eigenvalue weighted by Gasteiger charge is 2.26. The van der Waals surface area contributed by atoms with Crippen LogP contribution in [0.15, 0.2) is 18.3 Å². The van der Waals surface area contributed by atoms with Gasteiger partial charge < -0.3 is 15.0 Å². The van der Waals surface area contributed by atoms with Crippen molar-refractivity contribution in [2.24, 2.45) is 0 Å². The molecule has 2 atom stereocenters. The number of nitrogens with one attached hydrogen (secondary N) is 1. The Bertz CT molecular complexity index is 508. The molecule has 0 aliphatic carbocycles. The van der Waals surface area contributed by atoms with Crippen molar-refractivity contribution in [3.63, 3.8) is 0 Å². The molecule has 6 heteroatoms. The maximum Gasteiger partial charge on any atom is 0.254 e. The third-order valence-electron chi connectivity index (χ3n) is 3.02. The van der Waals surface area contributed by atoms with Crippen LogP contribution < -0.4 is 5.32 Å². The van der Waals surface area contributed by atoms with Gasteiger partial charge in [0.15, 0.2) is 0 Å². The van der Waals surface area contributed by atoms with Gasteiger partial charge in [0.2, 0.25) is 5.91 Å². The monoisotopic (exact) mass is 277 g/mol. The Morgan fingerprint density at radius 3 is 2.60 bits per heavy atom. The van der Waals surface area contributed by atoms with E-state index in [1.165, 1.54) is 13.1 Å². The van der Waals surface area contributed by atoms with Crippen molar-refractivity contribution in [3.8, 4) is 0 Å². The highest BCUT2D eigenvalue weighted by molar-refractivity contribution is 5.96. The molecular weight excluding hydrogens is 258 g/mol. The maximum atomic E-state index is 12.5. The molecule has 2 amide bonds. The topological polar surface area (TPSA) is 71.5 Å². The van der Waals surface area contributed by atoms with E-state index in [4.69, 9.17) is 4.74 Å². The van der Waals surface area contributed by atoms with Crippen LogP contribution in [-0.4, -0.2) is 47.0 Å². The summed E-state index contributed by atoms with van der Waals surface area (Å²) >= 11 is 0. The largest absolute Gasteiger partial charge is 0.372 e. The third-order valence-corrected chi connectivity index (χ3v) is 3.02. The van der Waals surface area contributed by atoms with Crippen molar-refractivity contribution < 1.29 is 14.3 Å². The van der Waals surface area contributed by atoms with Crippen molar-refractivity contribution in [3.05, 3.63) is 23.9 Å². The van der Waals surface area contributed by atoms with E-state index in [0.717, 1.165) is 0 Å². The number of pyridine rings is 1. The quantitative estimate of drug-likeness (QED) is 0.884. The summed E-state index contributed by atoms with van der Waals surface area (Å²) in [6, 6.07) is 3.24. The van der Waals surface area contributed by atoms with Gasteiger partial charge in [-0.05, 0) is 26.0 Å². The van der Waals surface area contributed by atoms with Gasteiger partial charge in [0.25, 0.3) is 5.91 Å². The molecule has 1 aromatic heterocycles. The van der Waals surface area contributed by atoms with Crippen LogP contribution in [0.25, 0.3) is 0 Å². The average Bonchev–Trinajstić information content (AvgIpc) is 2.36. The van der Waals surface area contributed by atoms with E-state index in [1.807, 2.05) is 13.8 Å². The zero-order valence-corrected chi connectivity index (χ0v) is 11.9. The highest BCUT2D eigenvalue weighted by atomic mass is 16.5. The highest BCUT2D eigenvalue weighted by Crippen LogP contribution is 2.15. The smallest absolute Gasteiger partial charge is 0.254 e. The van der Waals surface area contributed by atoms with Gasteiger partial charge in [-0.1, -0.05) is 0 Å². The molecule has 0 bridgehead atoms. The first-order valence-corrected chi connectivity index (χ1v) is 6.64. The van der Waals surface area contributed by atoms with Gasteiger partial charge in [0, 0.05) is 31.8 Å². The molecule has 108 valence electrons. The Morgan fingerprint density at radius 1 is 1.35 bits per heavy atom. The predicted molar refractivity (Wildman–Crippen MR) is 74.5 cm³/mol. The van der Waals surface area contributed by atoms with Crippen LogP contribution in [0, 0.1) is 0 Å². The average molecular weight is 277 g/mol. The number of hydrogen-bond acceptors (Lipinski definition) is 4. The summed E-state index contributed by atoms with van der Waals surface area (Å²) in [5, 5.41) is 2.58. The van der Waals surface area contributed by atoms with Crippen molar-refractivity contribution in [2.45, 2.75) is 33.0 Å². The van der Waals surface area contributed by atoms with Crippen molar-refractivity contribution >= 4 is 17.6 Å². The molecule has 1 fully saturated rings. The molecule has 0 aromatic carbocycles. The van der Waals surface area contributed by atoms with E-state index < -0.39 is 0 Å². The van der Waals surface area contributed by atoms with Crippen LogP contribution in [0.3, 0.4) is 0 Å². The summed E-state index contributed by atoms with van der Waals surface area (Å²) in [7, 11) is 0. The molecule has 1 aliphatic heterocycles. The van der Waals surface area contributed by atoms with Crippen LogP contribution in [0.2, 0.25) is 0 Å². The molecule has 1 aliphatic rings. The Morgan fingerprint density at radius 2 is 2.00 bits per heavy atom. The number of morpholine rings is 1. The first-order valence-electron chi connectivity index (χ1n) is 6.64. The Hall–Kier alpha value is -1.95. The van der Waals surface area contributed by atoms with Gasteiger partial charge in [-0.15, -0.1) is 0 Å². The molecule has 2 rings (SSSR count). The molecule has 1 N–H and O–H groups in total. The lowest BCUT2D eigenvalue weighted by atomic mass is 10.1. The predicted octanol–water partition coefficient (Wildman–Crippen LogP) is 1.29. The minimum absolute atomic E-state index is 0.0272. The van der Waals surface area contributed by atoms with E-state index in [1.54, 1.807) is 17.0 Å². The summed E-state index contributed by atoms with van der Waals surface area (Å²) in [5.74, 6) is 0.106. The lowest BCUT2D eigenvalue weighted by molar-refractivity contribution is -0.114. The minimum atomic E-state index is -0.212. The number of carbonyl (C=O) groups excluding carboxylic acids is 2. The molecule has 6 nitrogen and oxygen atoms in total. The van der Waals surface area contributed by atoms with Crippen molar-refractivity contribution in [1.29, 1.82) is 0 Å². The third kappa shape index (κ3) is 3.54. The van der Waals surface area contributed by atoms with Crippen LogP contribution >= 0.6 is 0 Å². The standard InChI is InChI=1S/C14H19N3O3/c1-9-7-17(8-10(2)20-9)14(19)12-4-5-15-13(6-12)16-11(3)18/h4-6,9-10H,7-8H2,1-3H3,(H,15,16,18). The number of ether oxygens (including phenoxy) is 1. The van der Waals surface area contributed by atoms with E-state index >= 15 is 0 Å². The molecule has 20 heavy (non-hydrogen) atoms. The number of nitrogens with zero attached hydrogens (tertiary/aromatic N) is 2. The molecule has 1 aromatic rings. The number of amides is 2. The van der Waals surface area contributed by atoms with Gasteiger partial charge in [0.05, 0.1) is 12.2 Å². The van der Waals surface area contributed by atoms with E-state index in [-0.39, 0.29) is 24.0 Å². The molecule has 2 heterocycles. The fraction of sp³-hybridized carbons (Fsp3) is 0.500. The van der Waals surface area contributed by atoms with Gasteiger partial charge in [-0.3, -0.25) is 9.59 Å². The number of carbonyl (C=O) groups is 2. The summed E-state index contributed by atoms with van der Waals surface area (Å²) in [6.07, 6.45) is 1.57. The number of anilines is 1. The molecule has 0 radical (unpaired) electrons. The second-order valence-corrected chi connectivity index (χ2v) is 5.08. The first kappa shape index (κ1) is 14.5. The van der Waals surface area contributed by atoms with E-state index in [0.29, 0.717) is 24.5 Å². The number of aromatic nitrogens is 1. The maximum absolute atomic E-state index is 12.5. The van der Waals surface area contributed by atoms with Crippen LogP contribution in [0.4, 0.5) is 5.82 Å². The van der Waals surface area contributed by atoms with Gasteiger partial charge in [0.1, 0.15) is 5.82 Å². The Balaban J connectivity index is 2.14. The van der Waals surface area contributed by atoms with E-state index in [2.05, 4.69) is 10.3 Å². The SMILES string of the molecule is CC(=O)Nc1cc(C(=O)N2CC(C)OC(C)C2)ccn1. The number of hydrogen-bond donors (Lipinski definition) is 1. The second kappa shape index (κ2) is 6.00. The molecule has 0 saturated carbocycles. The minimum Gasteiger partial charge on any atom is -0.372 e. The van der Waals surface area contributed by atoms with Gasteiger partial charge in [-0.2, -0.15) is 0 Å². The Kier molecular flexibility index (Phi) is 4.34. The summed E-state index contributed by atoms with van der Waals surface area (Å²) < 4.78 is 5.62. The zero-order valence-electron chi connectivity index (χ0n) is 11.9. The van der Waals surface area contributed by atoms with Crippen LogP contribution in [0.5, 0.6) is 0 Å². The normalized spacial score (nSPS) is 22.4. The number of rotatable bonds is 2. The molecular formula is C14H19N3O3. The lowest BCUT2D eigenvalue weighted by Gasteiger charge is -2.35. The fourth-order valence-electron chi connectivity index (χ4n) is 2.34. The molecule has 2 unspecified atom stereocenters. The lowest BCUT2D eigenvalue weighted by Crippen LogP contribution is -2.48. The van der Waals surface area contributed by atoms with Crippen molar-refractivity contribution in [2.75, 3.05) is 18.4 Å².